The van der Waals surface area contributed by atoms with Gasteiger partial charge in [-0.15, -0.1) is 0 Å². The number of carbonyl (C=O) groups excluding carboxylic acids is 2. The van der Waals surface area contributed by atoms with Gasteiger partial charge in [0.25, 0.3) is 0 Å². The molecule has 0 aromatic heterocycles. The van der Waals surface area contributed by atoms with Crippen LogP contribution in [0.1, 0.15) is 194 Å². The zero-order chi connectivity index (χ0) is 40.0. The van der Waals surface area contributed by atoms with Crippen LogP contribution in [0.5, 0.6) is 0 Å². The van der Waals surface area contributed by atoms with Crippen molar-refractivity contribution in [3.63, 3.8) is 0 Å². The number of aliphatic hydroxyl groups excluding tert-OH is 3. The van der Waals surface area contributed by atoms with E-state index in [1.54, 1.807) is 0 Å². The number of phosphoric ester groups is 1. The van der Waals surface area contributed by atoms with Gasteiger partial charge in [-0.1, -0.05) is 168 Å². The molecule has 4 N–H and O–H groups in total. The van der Waals surface area contributed by atoms with Crippen LogP contribution >= 0.6 is 7.82 Å². The van der Waals surface area contributed by atoms with Gasteiger partial charge in [-0.25, -0.2) is 4.57 Å². The Balaban J connectivity index is 4.45. The number of unbranched alkanes of at least 4 members (excludes halogenated alkanes) is 24. The van der Waals surface area contributed by atoms with E-state index in [0.29, 0.717) is 6.42 Å². The minimum absolute atomic E-state index is 0.163. The molecule has 0 amide bonds. The van der Waals surface area contributed by atoms with Gasteiger partial charge < -0.3 is 34.4 Å². The monoisotopic (exact) mass is 797 g/mol. The van der Waals surface area contributed by atoms with Crippen molar-refractivity contribution in [1.82, 2.24) is 0 Å². The van der Waals surface area contributed by atoms with Crippen molar-refractivity contribution in [1.29, 1.82) is 0 Å². The Hall–Kier alpha value is -1.11. The molecule has 0 aromatic carbocycles. The van der Waals surface area contributed by atoms with Gasteiger partial charge in [0.15, 0.2) is 6.10 Å². The maximum Gasteiger partial charge on any atom is 0.472 e. The minimum atomic E-state index is -4.58. The molecule has 0 fully saturated rings. The van der Waals surface area contributed by atoms with Gasteiger partial charge in [0, 0.05) is 12.8 Å². The summed E-state index contributed by atoms with van der Waals surface area (Å²) in [5.74, 6) is -0.777. The predicted octanol–water partition coefficient (Wildman–Crippen LogP) is 9.27. The van der Waals surface area contributed by atoms with Gasteiger partial charge in [0.05, 0.1) is 33.0 Å². The van der Waals surface area contributed by atoms with E-state index in [-0.39, 0.29) is 38.6 Å². The number of hydrogen-bond acceptors (Lipinski definition) is 11. The van der Waals surface area contributed by atoms with Crippen molar-refractivity contribution < 1.29 is 57.6 Å². The fourth-order valence-electron chi connectivity index (χ4n) is 6.03. The van der Waals surface area contributed by atoms with Gasteiger partial charge >= 0.3 is 19.8 Å². The molecule has 0 radical (unpaired) electrons. The van der Waals surface area contributed by atoms with Gasteiger partial charge in [-0.05, 0) is 12.8 Å². The summed E-state index contributed by atoms with van der Waals surface area (Å²) < 4.78 is 37.7. The second kappa shape index (κ2) is 38.7. The van der Waals surface area contributed by atoms with E-state index in [9.17, 15) is 29.3 Å². The first-order chi connectivity index (χ1) is 26.1. The van der Waals surface area contributed by atoms with E-state index in [1.165, 1.54) is 122 Å². The Morgan fingerprint density at radius 3 is 1.28 bits per heavy atom. The van der Waals surface area contributed by atoms with Gasteiger partial charge in [0.1, 0.15) is 18.8 Å². The highest BCUT2D eigenvalue weighted by molar-refractivity contribution is 7.47. The molecule has 54 heavy (non-hydrogen) atoms. The molecule has 0 bridgehead atoms. The van der Waals surface area contributed by atoms with Gasteiger partial charge in [-0.2, -0.15) is 0 Å². The zero-order valence-corrected chi connectivity index (χ0v) is 35.2. The maximum absolute atomic E-state index is 12.7. The minimum Gasteiger partial charge on any atom is -0.462 e. The van der Waals surface area contributed by atoms with E-state index in [1.807, 2.05) is 0 Å². The Morgan fingerprint density at radius 2 is 0.870 bits per heavy atom. The fraction of sp³-hybridized carbons (Fsp3) is 0.951. The van der Waals surface area contributed by atoms with Crippen LogP contribution in [0.2, 0.25) is 0 Å². The van der Waals surface area contributed by atoms with Gasteiger partial charge in [-0.3, -0.25) is 18.6 Å². The highest BCUT2D eigenvalue weighted by Crippen LogP contribution is 2.43. The topological polar surface area (TPSA) is 178 Å². The molecule has 4 unspecified atom stereocenters. The van der Waals surface area contributed by atoms with E-state index in [2.05, 4.69) is 18.4 Å². The summed E-state index contributed by atoms with van der Waals surface area (Å²) in [4.78, 5) is 34.8. The first-order valence-electron chi connectivity index (χ1n) is 21.6. The third-order valence-corrected chi connectivity index (χ3v) is 10.3. The molecule has 0 aliphatic rings. The molecule has 12 nitrogen and oxygen atoms in total. The first-order valence-corrected chi connectivity index (χ1v) is 23.1. The van der Waals surface area contributed by atoms with E-state index < -0.39 is 51.9 Å². The quantitative estimate of drug-likeness (QED) is 0.0262. The smallest absolute Gasteiger partial charge is 0.462 e. The molecule has 13 heteroatoms. The lowest BCUT2D eigenvalue weighted by atomic mass is 10.0. The van der Waals surface area contributed by atoms with Crippen LogP contribution in [-0.4, -0.2) is 90.1 Å². The Morgan fingerprint density at radius 1 is 0.500 bits per heavy atom. The summed E-state index contributed by atoms with van der Waals surface area (Å²) in [6.07, 6.45) is 28.4. The lowest BCUT2D eigenvalue weighted by molar-refractivity contribution is -0.163. The van der Waals surface area contributed by atoms with Crippen LogP contribution in [-0.2, 0) is 37.4 Å². The van der Waals surface area contributed by atoms with Gasteiger partial charge in [0.2, 0.25) is 0 Å². The summed E-state index contributed by atoms with van der Waals surface area (Å²) in [5, 5.41) is 28.2. The molecule has 0 aliphatic carbocycles. The summed E-state index contributed by atoms with van der Waals surface area (Å²) in [7, 11) is -4.58. The molecule has 322 valence electrons. The van der Waals surface area contributed by atoms with Crippen LogP contribution in [0.4, 0.5) is 0 Å². The molecule has 0 heterocycles. The molecule has 0 rings (SSSR count). The number of hydrogen-bond donors (Lipinski definition) is 4. The third-order valence-electron chi connectivity index (χ3n) is 9.38. The van der Waals surface area contributed by atoms with E-state index in [0.717, 1.165) is 38.5 Å². The molecular weight excluding hydrogens is 715 g/mol. The van der Waals surface area contributed by atoms with Crippen LogP contribution in [0.15, 0.2) is 0 Å². The maximum atomic E-state index is 12.7. The van der Waals surface area contributed by atoms with Crippen molar-refractivity contribution in [3.05, 3.63) is 0 Å². The third kappa shape index (κ3) is 37.8. The van der Waals surface area contributed by atoms with Crippen molar-refractivity contribution in [2.75, 3.05) is 39.6 Å². The first kappa shape index (κ1) is 52.9. The number of aliphatic hydroxyl groups is 3. The fourth-order valence-corrected chi connectivity index (χ4v) is 6.82. The molecule has 0 aromatic rings. The predicted molar refractivity (Wildman–Crippen MR) is 213 cm³/mol. The largest absolute Gasteiger partial charge is 0.472 e. The molecule has 4 atom stereocenters. The van der Waals surface area contributed by atoms with Crippen molar-refractivity contribution in [2.24, 2.45) is 0 Å². The summed E-state index contributed by atoms with van der Waals surface area (Å²) in [6.45, 7) is 1.93. The number of ether oxygens (including phenoxy) is 3. The Kier molecular flexibility index (Phi) is 38.0. The molecule has 0 saturated carbocycles. The molecule has 0 spiro atoms. The number of carbonyl (C=O) groups is 2. The van der Waals surface area contributed by atoms with Crippen LogP contribution in [0.3, 0.4) is 0 Å². The second-order valence-electron chi connectivity index (χ2n) is 14.9. The lowest BCUT2D eigenvalue weighted by Crippen LogP contribution is -2.32. The highest BCUT2D eigenvalue weighted by atomic mass is 31.2. The number of rotatable bonds is 42. The SMILES string of the molecule is CCCCCCCCCCCCCCCC(=O)OCC(COCC(O)COP(=O)(O)OCC(O)CO)OC(=O)CCCCCCCCCCCCCCC. The van der Waals surface area contributed by atoms with E-state index >= 15 is 0 Å². The normalized spacial score (nSPS) is 14.4. The Labute approximate surface area is 328 Å². The van der Waals surface area contributed by atoms with Crippen molar-refractivity contribution >= 4 is 19.8 Å². The summed E-state index contributed by atoms with van der Waals surface area (Å²) in [6, 6.07) is 0. The van der Waals surface area contributed by atoms with Crippen molar-refractivity contribution in [3.8, 4) is 0 Å². The summed E-state index contributed by atoms with van der Waals surface area (Å²) in [5.41, 5.74) is 0. The summed E-state index contributed by atoms with van der Waals surface area (Å²) >= 11 is 0. The molecular formula is C41H81O12P. The zero-order valence-electron chi connectivity index (χ0n) is 34.3. The highest BCUT2D eigenvalue weighted by Gasteiger charge is 2.25. The van der Waals surface area contributed by atoms with Crippen LogP contribution in [0.25, 0.3) is 0 Å². The second-order valence-corrected chi connectivity index (χ2v) is 16.3. The van der Waals surface area contributed by atoms with Crippen LogP contribution < -0.4 is 0 Å². The average Bonchev–Trinajstić information content (AvgIpc) is 3.15. The van der Waals surface area contributed by atoms with E-state index in [4.69, 9.17) is 23.8 Å². The standard InChI is InChI=1S/C41H81O12P/c1-3-5-7-9-11-13-15-17-19-21-23-25-27-29-40(45)50-36-39(35-49-32-38(44)34-52-54(47,48)51-33-37(43)31-42)53-41(46)30-28-26-24-22-20-18-16-14-12-10-8-6-4-2/h37-39,42-44H,3-36H2,1-2H3,(H,47,48). The lowest BCUT2D eigenvalue weighted by Gasteiger charge is -2.20. The molecule has 0 aliphatic heterocycles. The number of phosphoric acid groups is 1. The average molecular weight is 797 g/mol. The van der Waals surface area contributed by atoms with Crippen molar-refractivity contribution in [2.45, 2.75) is 212 Å². The number of esters is 2. The molecule has 0 saturated heterocycles. The van der Waals surface area contributed by atoms with Crippen LogP contribution in [0, 0.1) is 0 Å². The Bertz CT molecular complexity index is 892.